The van der Waals surface area contributed by atoms with Gasteiger partial charge in [-0.3, -0.25) is 4.79 Å². The van der Waals surface area contributed by atoms with Crippen LogP contribution < -0.4 is 10.1 Å². The van der Waals surface area contributed by atoms with E-state index in [-0.39, 0.29) is 18.1 Å². The van der Waals surface area contributed by atoms with Gasteiger partial charge in [0.1, 0.15) is 5.75 Å². The van der Waals surface area contributed by atoms with E-state index in [4.69, 9.17) is 4.74 Å². The smallest absolute Gasteiger partial charge is 0.258 e. The van der Waals surface area contributed by atoms with Crippen molar-refractivity contribution in [3.05, 3.63) is 29.3 Å². The third-order valence-electron chi connectivity index (χ3n) is 2.55. The molecule has 0 aliphatic carbocycles. The van der Waals surface area contributed by atoms with Crippen molar-refractivity contribution in [2.45, 2.75) is 46.3 Å². The standard InChI is InChI=1S/C15H23NO3/c1-10-8-12(11(2)17)6-7-13(10)19-9-14(18)16-15(3,4)5/h6-8,11,17H,9H2,1-5H3,(H,16,18)/t11-/m0/s1. The molecule has 4 nitrogen and oxygen atoms in total. The van der Waals surface area contributed by atoms with Crippen LogP contribution >= 0.6 is 0 Å². The van der Waals surface area contributed by atoms with Crippen molar-refractivity contribution in [3.63, 3.8) is 0 Å². The molecule has 0 heterocycles. The Kier molecular flexibility index (Phi) is 4.95. The van der Waals surface area contributed by atoms with Gasteiger partial charge in [0.05, 0.1) is 6.10 Å². The van der Waals surface area contributed by atoms with Gasteiger partial charge in [-0.1, -0.05) is 6.07 Å². The van der Waals surface area contributed by atoms with Crippen LogP contribution in [0.2, 0.25) is 0 Å². The van der Waals surface area contributed by atoms with Crippen LogP contribution in [0.4, 0.5) is 0 Å². The summed E-state index contributed by atoms with van der Waals surface area (Å²) in [5, 5.41) is 12.3. The number of aliphatic hydroxyl groups excluding tert-OH is 1. The van der Waals surface area contributed by atoms with Gasteiger partial charge in [0.15, 0.2) is 6.61 Å². The molecule has 0 aliphatic heterocycles. The SMILES string of the molecule is Cc1cc([C@H](C)O)ccc1OCC(=O)NC(C)(C)C. The molecule has 0 aliphatic rings. The predicted octanol–water partition coefficient (Wildman–Crippen LogP) is 2.34. The van der Waals surface area contributed by atoms with Gasteiger partial charge >= 0.3 is 0 Å². The van der Waals surface area contributed by atoms with Gasteiger partial charge in [-0.2, -0.15) is 0 Å². The van der Waals surface area contributed by atoms with E-state index in [0.717, 1.165) is 11.1 Å². The molecule has 2 N–H and O–H groups in total. The predicted molar refractivity (Wildman–Crippen MR) is 75.2 cm³/mol. The average molecular weight is 265 g/mol. The molecule has 0 saturated carbocycles. The molecule has 1 atom stereocenters. The molecule has 0 unspecified atom stereocenters. The zero-order chi connectivity index (χ0) is 14.6. The summed E-state index contributed by atoms with van der Waals surface area (Å²) in [4.78, 5) is 11.6. The van der Waals surface area contributed by atoms with Crippen molar-refractivity contribution in [1.29, 1.82) is 0 Å². The molecular formula is C15H23NO3. The summed E-state index contributed by atoms with van der Waals surface area (Å²) in [6.45, 7) is 9.37. The first-order valence-electron chi connectivity index (χ1n) is 6.41. The fourth-order valence-corrected chi connectivity index (χ4v) is 1.69. The molecule has 4 heteroatoms. The number of ether oxygens (including phenoxy) is 1. The Balaban J connectivity index is 2.61. The lowest BCUT2D eigenvalue weighted by Gasteiger charge is -2.20. The van der Waals surface area contributed by atoms with Crippen LogP contribution in [0.25, 0.3) is 0 Å². The monoisotopic (exact) mass is 265 g/mol. The quantitative estimate of drug-likeness (QED) is 0.878. The minimum Gasteiger partial charge on any atom is -0.484 e. The van der Waals surface area contributed by atoms with E-state index < -0.39 is 6.10 Å². The third-order valence-corrected chi connectivity index (χ3v) is 2.55. The number of carbonyl (C=O) groups is 1. The summed E-state index contributed by atoms with van der Waals surface area (Å²) in [5.41, 5.74) is 1.48. The largest absolute Gasteiger partial charge is 0.484 e. The van der Waals surface area contributed by atoms with Crippen LogP contribution in [0.3, 0.4) is 0 Å². The van der Waals surface area contributed by atoms with E-state index in [1.165, 1.54) is 0 Å². The van der Waals surface area contributed by atoms with Crippen LogP contribution in [-0.2, 0) is 4.79 Å². The maximum Gasteiger partial charge on any atom is 0.258 e. The molecule has 0 fully saturated rings. The molecule has 1 aromatic carbocycles. The van der Waals surface area contributed by atoms with Gasteiger partial charge in [0.25, 0.3) is 5.91 Å². The molecule has 0 aromatic heterocycles. The Morgan fingerprint density at radius 1 is 1.42 bits per heavy atom. The van der Waals surface area contributed by atoms with Gasteiger partial charge in [-0.15, -0.1) is 0 Å². The van der Waals surface area contributed by atoms with E-state index in [2.05, 4.69) is 5.32 Å². The number of hydrogen-bond donors (Lipinski definition) is 2. The van der Waals surface area contributed by atoms with Gasteiger partial charge in [-0.05, 0) is 57.9 Å². The van der Waals surface area contributed by atoms with Crippen LogP contribution in [0.5, 0.6) is 5.75 Å². The third kappa shape index (κ3) is 5.30. The summed E-state index contributed by atoms with van der Waals surface area (Å²) in [5.74, 6) is 0.514. The molecule has 0 bridgehead atoms. The summed E-state index contributed by atoms with van der Waals surface area (Å²) in [6.07, 6.45) is -0.503. The second-order valence-electron chi connectivity index (χ2n) is 5.79. The lowest BCUT2D eigenvalue weighted by molar-refractivity contribution is -0.124. The Morgan fingerprint density at radius 2 is 2.05 bits per heavy atom. The number of rotatable bonds is 4. The summed E-state index contributed by atoms with van der Waals surface area (Å²) in [6, 6.07) is 5.44. The highest BCUT2D eigenvalue weighted by atomic mass is 16.5. The van der Waals surface area contributed by atoms with E-state index >= 15 is 0 Å². The summed E-state index contributed by atoms with van der Waals surface area (Å²) in [7, 11) is 0. The van der Waals surface area contributed by atoms with Crippen molar-refractivity contribution in [2.24, 2.45) is 0 Å². The molecule has 1 amide bonds. The minimum atomic E-state index is -0.503. The fraction of sp³-hybridized carbons (Fsp3) is 0.533. The molecule has 0 saturated heterocycles. The van der Waals surface area contributed by atoms with Gasteiger partial charge in [0, 0.05) is 5.54 Å². The van der Waals surface area contributed by atoms with Gasteiger partial charge in [0.2, 0.25) is 0 Å². The molecule has 1 rings (SSSR count). The van der Waals surface area contributed by atoms with Crippen molar-refractivity contribution >= 4 is 5.91 Å². The Labute approximate surface area is 114 Å². The molecule has 19 heavy (non-hydrogen) atoms. The molecule has 0 radical (unpaired) electrons. The molecule has 106 valence electrons. The first-order valence-corrected chi connectivity index (χ1v) is 6.41. The van der Waals surface area contributed by atoms with Gasteiger partial charge < -0.3 is 15.2 Å². The summed E-state index contributed by atoms with van der Waals surface area (Å²) < 4.78 is 5.49. The molecular weight excluding hydrogens is 242 g/mol. The highest BCUT2D eigenvalue weighted by Crippen LogP contribution is 2.22. The zero-order valence-electron chi connectivity index (χ0n) is 12.3. The topological polar surface area (TPSA) is 58.6 Å². The van der Waals surface area contributed by atoms with Crippen molar-refractivity contribution in [2.75, 3.05) is 6.61 Å². The Bertz CT molecular complexity index is 447. The van der Waals surface area contributed by atoms with Crippen LogP contribution in [-0.4, -0.2) is 23.2 Å². The Hall–Kier alpha value is -1.55. The van der Waals surface area contributed by atoms with E-state index in [1.54, 1.807) is 19.1 Å². The number of aliphatic hydroxyl groups is 1. The second kappa shape index (κ2) is 6.06. The number of aryl methyl sites for hydroxylation is 1. The summed E-state index contributed by atoms with van der Waals surface area (Å²) >= 11 is 0. The highest BCUT2D eigenvalue weighted by Gasteiger charge is 2.14. The van der Waals surface area contributed by atoms with E-state index in [0.29, 0.717) is 5.75 Å². The number of amides is 1. The molecule has 1 aromatic rings. The molecule has 0 spiro atoms. The fourth-order valence-electron chi connectivity index (χ4n) is 1.69. The normalized spacial score (nSPS) is 12.9. The van der Waals surface area contributed by atoms with Crippen molar-refractivity contribution in [1.82, 2.24) is 5.32 Å². The first kappa shape index (κ1) is 15.5. The van der Waals surface area contributed by atoms with Crippen LogP contribution in [0.1, 0.15) is 44.9 Å². The first-order chi connectivity index (χ1) is 8.69. The number of nitrogens with one attached hydrogen (secondary N) is 1. The van der Waals surface area contributed by atoms with Crippen molar-refractivity contribution in [3.8, 4) is 5.75 Å². The second-order valence-corrected chi connectivity index (χ2v) is 5.79. The van der Waals surface area contributed by atoms with Crippen LogP contribution in [0, 0.1) is 6.92 Å². The minimum absolute atomic E-state index is 0.00780. The van der Waals surface area contributed by atoms with Crippen molar-refractivity contribution < 1.29 is 14.6 Å². The lowest BCUT2D eigenvalue weighted by Crippen LogP contribution is -2.43. The van der Waals surface area contributed by atoms with E-state index in [1.807, 2.05) is 33.8 Å². The lowest BCUT2D eigenvalue weighted by atomic mass is 10.1. The number of benzene rings is 1. The highest BCUT2D eigenvalue weighted by molar-refractivity contribution is 5.78. The Morgan fingerprint density at radius 3 is 2.53 bits per heavy atom. The average Bonchev–Trinajstić information content (AvgIpc) is 2.24. The number of hydrogen-bond acceptors (Lipinski definition) is 3. The van der Waals surface area contributed by atoms with E-state index in [9.17, 15) is 9.90 Å². The number of carbonyl (C=O) groups excluding carboxylic acids is 1. The maximum absolute atomic E-state index is 11.6. The van der Waals surface area contributed by atoms with Gasteiger partial charge in [-0.25, -0.2) is 0 Å². The maximum atomic E-state index is 11.6. The zero-order valence-corrected chi connectivity index (χ0v) is 12.3. The van der Waals surface area contributed by atoms with Crippen LogP contribution in [0.15, 0.2) is 18.2 Å².